The molecule has 0 spiro atoms. The van der Waals surface area contributed by atoms with Crippen molar-refractivity contribution in [2.75, 3.05) is 39.6 Å². The van der Waals surface area contributed by atoms with E-state index < -0.39 is 97.5 Å². The molecule has 0 radical (unpaired) electrons. The van der Waals surface area contributed by atoms with E-state index in [2.05, 4.69) is 39.8 Å². The summed E-state index contributed by atoms with van der Waals surface area (Å²) in [7, 11) is -9.91. The Kier molecular flexibility index (Phi) is 65.8. The van der Waals surface area contributed by atoms with Crippen LogP contribution in [-0.4, -0.2) is 96.7 Å². The molecule has 0 amide bonds. The van der Waals surface area contributed by atoms with E-state index in [0.717, 1.165) is 103 Å². The van der Waals surface area contributed by atoms with Crippen molar-refractivity contribution in [3.63, 3.8) is 0 Å². The molecule has 0 heterocycles. The third-order valence-corrected chi connectivity index (χ3v) is 18.7. The lowest BCUT2D eigenvalue weighted by molar-refractivity contribution is -0.161. The number of aliphatic hydroxyl groups is 1. The molecule has 19 heteroatoms. The predicted octanol–water partition coefficient (Wildman–Crippen LogP) is 21.2. The van der Waals surface area contributed by atoms with Crippen LogP contribution in [0.4, 0.5) is 0 Å². The fraction of sp³-hybridized carbons (Fsp3) is 0.918. The van der Waals surface area contributed by atoms with Gasteiger partial charge in [-0.2, -0.15) is 0 Å². The summed E-state index contributed by atoms with van der Waals surface area (Å²) in [5.74, 6) is -2.13. The summed E-state index contributed by atoms with van der Waals surface area (Å²) in [6.45, 7) is 4.91. The Hall–Kier alpha value is -2.20. The molecule has 544 valence electrons. The Balaban J connectivity index is 5.22. The number of allylic oxidation sites excluding steroid dienone is 2. The van der Waals surface area contributed by atoms with Crippen molar-refractivity contribution in [3.8, 4) is 0 Å². The highest BCUT2D eigenvalue weighted by Gasteiger charge is 2.30. The number of esters is 4. The lowest BCUT2D eigenvalue weighted by Gasteiger charge is -2.21. The fourth-order valence-electron chi connectivity index (χ4n) is 10.9. The lowest BCUT2D eigenvalue weighted by atomic mass is 10.0. The molecule has 92 heavy (non-hydrogen) atoms. The van der Waals surface area contributed by atoms with E-state index in [1.54, 1.807) is 0 Å². The molecule has 0 aliphatic rings. The molecular formula is C73H140O17P2. The normalized spacial score (nSPS) is 14.0. The maximum absolute atomic E-state index is 13.0. The fourth-order valence-corrected chi connectivity index (χ4v) is 12.5. The minimum atomic E-state index is -4.96. The van der Waals surface area contributed by atoms with E-state index >= 15 is 0 Å². The van der Waals surface area contributed by atoms with Crippen LogP contribution in [0.25, 0.3) is 0 Å². The number of hydrogen-bond acceptors (Lipinski definition) is 15. The quantitative estimate of drug-likeness (QED) is 0.0169. The van der Waals surface area contributed by atoms with E-state index in [4.69, 9.17) is 37.0 Å². The maximum atomic E-state index is 13.0. The van der Waals surface area contributed by atoms with Gasteiger partial charge in [0, 0.05) is 25.7 Å². The molecule has 0 saturated carbocycles. The molecule has 0 aromatic carbocycles. The second-order valence-corrected chi connectivity index (χ2v) is 28.9. The van der Waals surface area contributed by atoms with E-state index in [1.807, 2.05) is 0 Å². The number of ether oxygens (including phenoxy) is 4. The first-order valence-corrected chi connectivity index (χ1v) is 40.9. The van der Waals surface area contributed by atoms with Crippen molar-refractivity contribution in [2.24, 2.45) is 0 Å². The SMILES string of the molecule is CCCC/C=C\CCCCCCCC(=O)OC(COC(=O)CCCCCCCCCCCCCCCCC)COP(=O)(O)OCC(O)COP(=O)(O)OCC(COC(=O)CCCCCCCCCCCCCCCCC)OC(=O)CCCCCCCCCCCCC. The second kappa shape index (κ2) is 67.4. The van der Waals surface area contributed by atoms with Gasteiger partial charge in [-0.1, -0.05) is 316 Å². The molecule has 0 aliphatic carbocycles. The molecule has 5 unspecified atom stereocenters. The van der Waals surface area contributed by atoms with Crippen LogP contribution in [0.15, 0.2) is 12.2 Å². The molecule has 0 aromatic heterocycles. The van der Waals surface area contributed by atoms with Crippen molar-refractivity contribution in [2.45, 2.75) is 393 Å². The van der Waals surface area contributed by atoms with Gasteiger partial charge in [0.1, 0.15) is 19.3 Å². The maximum Gasteiger partial charge on any atom is 0.472 e. The van der Waals surface area contributed by atoms with Gasteiger partial charge >= 0.3 is 39.5 Å². The van der Waals surface area contributed by atoms with Gasteiger partial charge in [-0.05, 0) is 44.9 Å². The summed E-state index contributed by atoms with van der Waals surface area (Å²) in [4.78, 5) is 72.6. The Morgan fingerprint density at radius 1 is 0.293 bits per heavy atom. The first-order valence-electron chi connectivity index (χ1n) is 37.9. The van der Waals surface area contributed by atoms with Gasteiger partial charge in [-0.3, -0.25) is 37.3 Å². The molecular weight excluding hydrogens is 1210 g/mol. The molecule has 5 atom stereocenters. The topological polar surface area (TPSA) is 237 Å². The van der Waals surface area contributed by atoms with Gasteiger partial charge in [0.25, 0.3) is 0 Å². The summed E-state index contributed by atoms with van der Waals surface area (Å²) in [6.07, 6.45) is 57.8. The summed E-state index contributed by atoms with van der Waals surface area (Å²) in [5, 5.41) is 10.6. The van der Waals surface area contributed by atoms with Crippen LogP contribution in [0.1, 0.15) is 374 Å². The highest BCUT2D eigenvalue weighted by Crippen LogP contribution is 2.45. The largest absolute Gasteiger partial charge is 0.472 e. The van der Waals surface area contributed by atoms with Crippen LogP contribution in [0.5, 0.6) is 0 Å². The third kappa shape index (κ3) is 66.4. The monoisotopic (exact) mass is 1350 g/mol. The second-order valence-electron chi connectivity index (χ2n) is 26.0. The first-order chi connectivity index (χ1) is 44.7. The Morgan fingerprint density at radius 3 is 0.783 bits per heavy atom. The number of carbonyl (C=O) groups excluding carboxylic acids is 4. The number of phosphoric acid groups is 2. The van der Waals surface area contributed by atoms with Crippen molar-refractivity contribution in [1.82, 2.24) is 0 Å². The zero-order chi connectivity index (χ0) is 67.5. The van der Waals surface area contributed by atoms with Crippen LogP contribution in [0.2, 0.25) is 0 Å². The number of rotatable bonds is 73. The third-order valence-electron chi connectivity index (χ3n) is 16.8. The van der Waals surface area contributed by atoms with Crippen molar-refractivity contribution in [1.29, 1.82) is 0 Å². The minimum Gasteiger partial charge on any atom is -0.462 e. The smallest absolute Gasteiger partial charge is 0.462 e. The van der Waals surface area contributed by atoms with Crippen LogP contribution in [-0.2, 0) is 65.4 Å². The Labute approximate surface area is 561 Å². The Bertz CT molecular complexity index is 1800. The van der Waals surface area contributed by atoms with Crippen molar-refractivity contribution in [3.05, 3.63) is 12.2 Å². The summed E-state index contributed by atoms with van der Waals surface area (Å²) in [6, 6.07) is 0. The van der Waals surface area contributed by atoms with Crippen LogP contribution in [0, 0.1) is 0 Å². The van der Waals surface area contributed by atoms with Gasteiger partial charge in [0.2, 0.25) is 0 Å². The van der Waals surface area contributed by atoms with Gasteiger partial charge in [0.05, 0.1) is 26.4 Å². The molecule has 0 aliphatic heterocycles. The molecule has 0 fully saturated rings. The highest BCUT2D eigenvalue weighted by atomic mass is 31.2. The number of phosphoric ester groups is 2. The van der Waals surface area contributed by atoms with E-state index in [1.165, 1.54) is 193 Å². The first kappa shape index (κ1) is 89.8. The number of hydrogen-bond donors (Lipinski definition) is 3. The van der Waals surface area contributed by atoms with Gasteiger partial charge in [0.15, 0.2) is 12.2 Å². The van der Waals surface area contributed by atoms with Crippen LogP contribution < -0.4 is 0 Å². The Morgan fingerprint density at radius 2 is 0.511 bits per heavy atom. The molecule has 0 aromatic rings. The van der Waals surface area contributed by atoms with Gasteiger partial charge in [-0.15, -0.1) is 0 Å². The molecule has 0 bridgehead atoms. The standard InChI is InChI=1S/C73H140O17P2/c1-5-9-13-17-21-25-29-31-33-35-39-41-45-49-53-57-70(75)83-63-68(89-72(77)59-55-51-47-43-37-27-23-19-15-11-7-3)65-87-91(79,80)85-61-67(74)62-86-92(81,82)88-66-69(90-73(78)60-56-52-48-44-38-28-24-20-16-12-8-4)64-84-71(76)58-54-50-46-42-40-36-34-32-30-26-22-18-14-10-6-2/h19,23,67-69,74H,5-18,20-22,24-66H2,1-4H3,(H,79,80)(H,81,82)/b23-19-. The van der Waals surface area contributed by atoms with Crippen LogP contribution >= 0.6 is 15.6 Å². The minimum absolute atomic E-state index is 0.0940. The number of unbranched alkanes of at least 4 members (excludes halogenated alkanes) is 45. The predicted molar refractivity (Wildman–Crippen MR) is 372 cm³/mol. The van der Waals surface area contributed by atoms with Crippen LogP contribution in [0.3, 0.4) is 0 Å². The number of aliphatic hydroxyl groups excluding tert-OH is 1. The molecule has 3 N–H and O–H groups in total. The molecule has 17 nitrogen and oxygen atoms in total. The molecule has 0 rings (SSSR count). The van der Waals surface area contributed by atoms with Gasteiger partial charge < -0.3 is 33.8 Å². The average molecular weight is 1350 g/mol. The average Bonchev–Trinajstić information content (AvgIpc) is 2.46. The van der Waals surface area contributed by atoms with Crippen molar-refractivity contribution < 1.29 is 80.2 Å². The van der Waals surface area contributed by atoms with E-state index in [-0.39, 0.29) is 25.7 Å². The van der Waals surface area contributed by atoms with E-state index in [9.17, 15) is 43.2 Å². The van der Waals surface area contributed by atoms with Crippen molar-refractivity contribution >= 4 is 39.5 Å². The van der Waals surface area contributed by atoms with Gasteiger partial charge in [-0.25, -0.2) is 9.13 Å². The zero-order valence-corrected chi connectivity index (χ0v) is 61.1. The lowest BCUT2D eigenvalue weighted by Crippen LogP contribution is -2.30. The highest BCUT2D eigenvalue weighted by molar-refractivity contribution is 7.47. The summed E-state index contributed by atoms with van der Waals surface area (Å²) >= 11 is 0. The summed E-state index contributed by atoms with van der Waals surface area (Å²) in [5.41, 5.74) is 0. The number of carbonyl (C=O) groups is 4. The summed E-state index contributed by atoms with van der Waals surface area (Å²) < 4.78 is 68.4. The van der Waals surface area contributed by atoms with E-state index in [0.29, 0.717) is 25.7 Å². The zero-order valence-electron chi connectivity index (χ0n) is 59.3. The molecule has 0 saturated heterocycles.